The molecule has 2 amide bonds. The lowest BCUT2D eigenvalue weighted by atomic mass is 9.83. The molecular weight excluding hydrogens is 749 g/mol. The fraction of sp³-hybridized carbons (Fsp3) is 0.409. The molecular formula is C44H54N2O10S. The fourth-order valence-corrected chi connectivity index (χ4v) is 7.08. The van der Waals surface area contributed by atoms with Crippen LogP contribution in [0, 0.1) is 24.7 Å². The van der Waals surface area contributed by atoms with Crippen LogP contribution in [0.2, 0.25) is 0 Å². The zero-order valence-electron chi connectivity index (χ0n) is 33.7. The molecule has 1 aromatic carbocycles. The number of hydrogen-bond donors (Lipinski definition) is 6. The number of aromatic hydroxyl groups is 1. The first-order valence-corrected chi connectivity index (χ1v) is 19.8. The monoisotopic (exact) mass is 802 g/mol. The van der Waals surface area contributed by atoms with Crippen LogP contribution in [0.1, 0.15) is 97.9 Å². The van der Waals surface area contributed by atoms with E-state index >= 15 is 0 Å². The van der Waals surface area contributed by atoms with Crippen molar-refractivity contribution in [1.29, 1.82) is 0 Å². The molecule has 0 saturated heterocycles. The average Bonchev–Trinajstić information content (AvgIpc) is 3.16. The van der Waals surface area contributed by atoms with E-state index in [4.69, 9.17) is 0 Å². The van der Waals surface area contributed by atoms with E-state index in [-0.39, 0.29) is 80.8 Å². The normalized spacial score (nSPS) is 25.0. The minimum absolute atomic E-state index is 0.0847. The Balaban J connectivity index is 2.17. The zero-order chi connectivity index (χ0) is 42.7. The molecule has 6 N–H and O–H groups in total. The molecule has 3 aliphatic rings. The molecule has 0 spiro atoms. The summed E-state index contributed by atoms with van der Waals surface area (Å²) in [5.41, 5.74) is -0.410. The van der Waals surface area contributed by atoms with Crippen LogP contribution < -0.4 is 10.6 Å². The van der Waals surface area contributed by atoms with Crippen molar-refractivity contribution in [2.75, 3.05) is 12.3 Å². The van der Waals surface area contributed by atoms with Gasteiger partial charge in [-0.3, -0.25) is 28.8 Å². The molecule has 2 aliphatic heterocycles. The van der Waals surface area contributed by atoms with Gasteiger partial charge in [-0.05, 0) is 56.9 Å². The Labute approximate surface area is 338 Å². The number of thioether (sulfide) groups is 1. The maximum Gasteiger partial charge on any atom is 0.251 e. The number of aliphatic hydroxyl groups excluding tert-OH is 3. The van der Waals surface area contributed by atoms with Crippen LogP contribution in [0.25, 0.3) is 0 Å². The van der Waals surface area contributed by atoms with Gasteiger partial charge in [0.25, 0.3) is 5.91 Å². The molecule has 0 fully saturated rings. The van der Waals surface area contributed by atoms with Gasteiger partial charge in [0, 0.05) is 60.1 Å². The second kappa shape index (κ2) is 21.0. The molecule has 4 rings (SSSR count). The molecule has 0 radical (unpaired) electrons. The van der Waals surface area contributed by atoms with Crippen molar-refractivity contribution in [2.24, 2.45) is 17.8 Å². The first kappa shape index (κ1) is 46.4. The topological polar surface area (TPSA) is 207 Å². The van der Waals surface area contributed by atoms with Gasteiger partial charge in [0.05, 0.1) is 28.8 Å². The highest BCUT2D eigenvalue weighted by Gasteiger charge is 2.39. The number of carbonyl (C=O) groups is 6. The second-order valence-corrected chi connectivity index (χ2v) is 15.7. The smallest absolute Gasteiger partial charge is 0.251 e. The molecule has 0 unspecified atom stereocenters. The predicted octanol–water partition coefficient (Wildman–Crippen LogP) is 5.32. The molecule has 0 aromatic heterocycles. The SMILES string of the molecule is CC(=O)NCCSC1=C2NC(=O)C(C)=CC=CC=C[C@H](C)[C@@H](O)CC(=O)C(C)=CC[C@H](O)C=C[C@H](C)[C@H](O)[C@@H](C)C=C(C)C(=O)c3c(O)c(C)cc(c3C1=O)C2=O. The molecule has 0 saturated carbocycles. The Kier molecular flexibility index (Phi) is 17.1. The largest absolute Gasteiger partial charge is 0.507 e. The number of ketones is 4. The second-order valence-electron chi connectivity index (χ2n) is 14.6. The summed E-state index contributed by atoms with van der Waals surface area (Å²) in [5, 5.41) is 48.9. The highest BCUT2D eigenvalue weighted by molar-refractivity contribution is 8.04. The third-order valence-electron chi connectivity index (χ3n) is 9.84. The minimum atomic E-state index is -1.03. The van der Waals surface area contributed by atoms with Gasteiger partial charge < -0.3 is 31.1 Å². The van der Waals surface area contributed by atoms with Gasteiger partial charge >= 0.3 is 0 Å². The third-order valence-corrected chi connectivity index (χ3v) is 10.9. The summed E-state index contributed by atoms with van der Waals surface area (Å²) in [6.45, 7) is 12.7. The van der Waals surface area contributed by atoms with Crippen molar-refractivity contribution < 1.29 is 49.2 Å². The van der Waals surface area contributed by atoms with Crippen molar-refractivity contribution in [1.82, 2.24) is 10.6 Å². The average molecular weight is 803 g/mol. The number of allylic oxidation sites excluding steroid dienone is 8. The van der Waals surface area contributed by atoms with E-state index in [1.165, 1.54) is 52.0 Å². The number of fused-ring (bicyclic) bond motifs is 18. The van der Waals surface area contributed by atoms with Gasteiger partial charge in [-0.15, -0.1) is 11.8 Å². The maximum absolute atomic E-state index is 14.4. The highest BCUT2D eigenvalue weighted by Crippen LogP contribution is 2.39. The van der Waals surface area contributed by atoms with Gasteiger partial charge in [0.1, 0.15) is 11.4 Å². The van der Waals surface area contributed by atoms with Gasteiger partial charge in [-0.2, -0.15) is 0 Å². The Bertz CT molecular complexity index is 2000. The summed E-state index contributed by atoms with van der Waals surface area (Å²) >= 11 is 0.906. The van der Waals surface area contributed by atoms with Crippen LogP contribution in [0.15, 0.2) is 88.1 Å². The number of Topliss-reactive ketones (excluding diaryl/α,β-unsaturated/α-hetero) is 4. The van der Waals surface area contributed by atoms with E-state index < -0.39 is 65.1 Å². The summed E-state index contributed by atoms with van der Waals surface area (Å²) in [4.78, 5) is 80.3. The quantitative estimate of drug-likeness (QED) is 0.170. The van der Waals surface area contributed by atoms with Crippen molar-refractivity contribution in [3.63, 3.8) is 0 Å². The number of amides is 2. The number of aryl methyl sites for hydroxylation is 1. The van der Waals surface area contributed by atoms with Crippen molar-refractivity contribution in [3.8, 4) is 5.75 Å². The van der Waals surface area contributed by atoms with Gasteiger partial charge in [-0.1, -0.05) is 75.5 Å². The molecule has 12 nitrogen and oxygen atoms in total. The Morgan fingerprint density at radius 1 is 0.825 bits per heavy atom. The molecule has 13 heteroatoms. The third kappa shape index (κ3) is 12.3. The Morgan fingerprint density at radius 2 is 1.51 bits per heavy atom. The van der Waals surface area contributed by atoms with E-state index in [1.807, 2.05) is 0 Å². The molecule has 57 heavy (non-hydrogen) atoms. The van der Waals surface area contributed by atoms with Crippen LogP contribution in [0.5, 0.6) is 5.75 Å². The van der Waals surface area contributed by atoms with Crippen molar-refractivity contribution >= 4 is 46.7 Å². The van der Waals surface area contributed by atoms with E-state index in [0.29, 0.717) is 5.57 Å². The minimum Gasteiger partial charge on any atom is -0.507 e. The number of phenols is 1. The van der Waals surface area contributed by atoms with Crippen LogP contribution in [-0.4, -0.2) is 86.0 Å². The van der Waals surface area contributed by atoms with Crippen LogP contribution in [-0.2, 0) is 14.4 Å². The number of nitrogens with one attached hydrogen (secondary N) is 2. The van der Waals surface area contributed by atoms with Crippen LogP contribution in [0.3, 0.4) is 0 Å². The van der Waals surface area contributed by atoms with Crippen LogP contribution >= 0.6 is 11.8 Å². The summed E-state index contributed by atoms with van der Waals surface area (Å²) in [6, 6.07) is 1.30. The van der Waals surface area contributed by atoms with Gasteiger partial charge in [0.2, 0.25) is 17.5 Å². The predicted molar refractivity (Wildman–Crippen MR) is 221 cm³/mol. The molecule has 1 aromatic rings. The van der Waals surface area contributed by atoms with E-state index in [9.17, 15) is 49.2 Å². The lowest BCUT2D eigenvalue weighted by molar-refractivity contribution is -0.119. The number of phenolic OH excluding ortho intramolecular Hbond substituents is 1. The van der Waals surface area contributed by atoms with E-state index in [0.717, 1.165) is 11.8 Å². The fourth-order valence-electron chi connectivity index (χ4n) is 6.15. The molecule has 6 atom stereocenters. The van der Waals surface area contributed by atoms with Gasteiger partial charge in [-0.25, -0.2) is 0 Å². The van der Waals surface area contributed by atoms with Crippen LogP contribution in [0.4, 0.5) is 0 Å². The van der Waals surface area contributed by atoms with E-state index in [2.05, 4.69) is 10.6 Å². The number of carbonyl (C=O) groups excluding carboxylic acids is 6. The molecule has 4 bridgehead atoms. The Morgan fingerprint density at radius 3 is 2.18 bits per heavy atom. The number of rotatable bonds is 4. The van der Waals surface area contributed by atoms with E-state index in [1.54, 1.807) is 64.2 Å². The summed E-state index contributed by atoms with van der Waals surface area (Å²) in [7, 11) is 0. The van der Waals surface area contributed by atoms with Crippen molar-refractivity contribution in [2.45, 2.75) is 86.5 Å². The van der Waals surface area contributed by atoms with Gasteiger partial charge in [0.15, 0.2) is 11.6 Å². The standard InChI is InChI=1S/C44H54N2O10S/c1-23-12-10-9-11-13-26(4)44(56)46-37-41(54)32-21-29(7)40(53)36(35(32)42(55)43(37)57-19-18-45-30(8)47)39(52)28(6)20-27(5)38(51)25(3)15-17-31(48)16-14-24(2)34(50)22-33(23)49/h9-15,17,20-21,23,25,27,31,33,38,48-49,51,53H,16,18-19,22H2,1-8H3,(H,45,47)(H,46,56)/t23-,25-,27-,31-,33-,38-/m0/s1. The number of aliphatic hydroxyl groups is 3. The summed E-state index contributed by atoms with van der Waals surface area (Å²) in [5.74, 6) is -5.43. The first-order valence-electron chi connectivity index (χ1n) is 18.8. The maximum atomic E-state index is 14.4. The first-order chi connectivity index (χ1) is 26.8. The molecule has 2 heterocycles. The summed E-state index contributed by atoms with van der Waals surface area (Å²) < 4.78 is 0. The van der Waals surface area contributed by atoms with Crippen molar-refractivity contribution in [3.05, 3.63) is 110 Å². The lowest BCUT2D eigenvalue weighted by Crippen LogP contribution is -2.35. The number of benzene rings is 1. The number of hydrogen-bond acceptors (Lipinski definition) is 11. The Hall–Kier alpha value is -4.95. The highest BCUT2D eigenvalue weighted by atomic mass is 32.2. The summed E-state index contributed by atoms with van der Waals surface area (Å²) in [6.07, 6.45) is 11.3. The molecule has 1 aliphatic carbocycles. The lowest BCUT2D eigenvalue weighted by Gasteiger charge is -2.25. The zero-order valence-corrected chi connectivity index (χ0v) is 34.5. The molecule has 306 valence electrons.